The van der Waals surface area contributed by atoms with Crippen molar-refractivity contribution < 1.29 is 0 Å². The summed E-state index contributed by atoms with van der Waals surface area (Å²) in [4.78, 5) is 5.27. The molecule has 2 heteroatoms. The molecule has 0 aromatic heterocycles. The lowest BCUT2D eigenvalue weighted by Gasteiger charge is -2.47. The number of likely N-dealkylation sites (tertiary alicyclic amines) is 1. The van der Waals surface area contributed by atoms with Gasteiger partial charge in [-0.25, -0.2) is 0 Å². The van der Waals surface area contributed by atoms with Gasteiger partial charge in [0.1, 0.15) is 0 Å². The van der Waals surface area contributed by atoms with Gasteiger partial charge < -0.3 is 4.90 Å². The van der Waals surface area contributed by atoms with Crippen molar-refractivity contribution in [2.75, 3.05) is 26.2 Å². The Morgan fingerprint density at radius 3 is 2.27 bits per heavy atom. The Balaban J connectivity index is 1.75. The van der Waals surface area contributed by atoms with E-state index in [0.29, 0.717) is 12.0 Å². The highest BCUT2D eigenvalue weighted by atomic mass is 15.2. The monoisotopic (exact) mass is 402 g/mol. The molecule has 0 bridgehead atoms. The smallest absolute Gasteiger partial charge is 0.0368 e. The standard InChI is InChI=1S/C28H38N2/c1-7-21(3)23(5)15-19-29-17-10-12-26-27(29)14-13-25-11-9-18-30(28(25)26)20-16-24(6)22(4)8-2/h7-8,10,12,25,27H,1-6,9,11,13-20H2. The molecule has 0 N–H and O–H groups in total. The average molecular weight is 403 g/mol. The van der Waals surface area contributed by atoms with Crippen molar-refractivity contribution in [3.8, 4) is 0 Å². The summed E-state index contributed by atoms with van der Waals surface area (Å²) < 4.78 is 0. The SMILES string of the molecule is C=CC(=C)C(=C)CCN1CCCC2CCC3C(=C21)C=CCN3CCC(=C)C(=C)C=C. The predicted molar refractivity (Wildman–Crippen MR) is 131 cm³/mol. The quantitative estimate of drug-likeness (QED) is 0.392. The van der Waals surface area contributed by atoms with Crippen LogP contribution in [-0.2, 0) is 0 Å². The molecule has 160 valence electrons. The molecule has 0 saturated carbocycles. The van der Waals surface area contributed by atoms with E-state index in [1.807, 2.05) is 12.2 Å². The summed E-state index contributed by atoms with van der Waals surface area (Å²) in [5, 5.41) is 0. The van der Waals surface area contributed by atoms with E-state index in [-0.39, 0.29) is 0 Å². The minimum Gasteiger partial charge on any atom is -0.374 e. The highest BCUT2D eigenvalue weighted by Crippen LogP contribution is 2.42. The number of nitrogens with zero attached hydrogens (tertiary/aromatic N) is 2. The molecule has 0 aromatic carbocycles. The molecule has 2 aliphatic heterocycles. The van der Waals surface area contributed by atoms with E-state index in [2.05, 4.69) is 61.4 Å². The van der Waals surface area contributed by atoms with Crippen LogP contribution in [0, 0.1) is 5.92 Å². The Labute approximate surface area is 184 Å². The van der Waals surface area contributed by atoms with Crippen LogP contribution in [0.3, 0.4) is 0 Å². The van der Waals surface area contributed by atoms with Crippen LogP contribution in [0.5, 0.6) is 0 Å². The lowest BCUT2D eigenvalue weighted by molar-refractivity contribution is 0.165. The van der Waals surface area contributed by atoms with Gasteiger partial charge in [0.15, 0.2) is 0 Å². The van der Waals surface area contributed by atoms with Crippen molar-refractivity contribution in [2.24, 2.45) is 5.92 Å². The van der Waals surface area contributed by atoms with E-state index in [1.54, 1.807) is 11.3 Å². The Hall–Kier alpha value is -2.32. The van der Waals surface area contributed by atoms with Crippen molar-refractivity contribution in [2.45, 2.75) is 44.6 Å². The summed E-state index contributed by atoms with van der Waals surface area (Å²) in [5.74, 6) is 0.709. The van der Waals surface area contributed by atoms with E-state index in [0.717, 1.165) is 61.3 Å². The molecule has 1 saturated heterocycles. The summed E-state index contributed by atoms with van der Waals surface area (Å²) in [6.07, 6.45) is 15.5. The number of hydrogen-bond donors (Lipinski definition) is 0. The molecule has 3 rings (SSSR count). The summed E-state index contributed by atoms with van der Waals surface area (Å²) in [7, 11) is 0. The first-order valence-corrected chi connectivity index (χ1v) is 11.3. The van der Waals surface area contributed by atoms with Crippen LogP contribution in [0.2, 0.25) is 0 Å². The van der Waals surface area contributed by atoms with Gasteiger partial charge in [-0.3, -0.25) is 4.90 Å². The molecule has 0 radical (unpaired) electrons. The van der Waals surface area contributed by atoms with E-state index in [1.165, 1.54) is 25.7 Å². The summed E-state index contributed by atoms with van der Waals surface area (Å²) in [6.45, 7) is 28.4. The fraction of sp³-hybridized carbons (Fsp3) is 0.429. The van der Waals surface area contributed by atoms with Gasteiger partial charge >= 0.3 is 0 Å². The number of piperidine rings is 1. The lowest BCUT2D eigenvalue weighted by Crippen LogP contribution is -2.46. The Bertz CT molecular complexity index is 806. The number of fused-ring (bicyclic) bond motifs is 2. The zero-order valence-electron chi connectivity index (χ0n) is 18.7. The van der Waals surface area contributed by atoms with Crippen molar-refractivity contribution >= 4 is 0 Å². The van der Waals surface area contributed by atoms with Gasteiger partial charge in [0.25, 0.3) is 0 Å². The van der Waals surface area contributed by atoms with Gasteiger partial charge in [-0.05, 0) is 72.3 Å². The first-order valence-electron chi connectivity index (χ1n) is 11.3. The zero-order valence-corrected chi connectivity index (χ0v) is 18.7. The Morgan fingerprint density at radius 2 is 1.60 bits per heavy atom. The lowest BCUT2D eigenvalue weighted by atomic mass is 9.77. The van der Waals surface area contributed by atoms with Gasteiger partial charge in [-0.2, -0.15) is 0 Å². The van der Waals surface area contributed by atoms with E-state index in [9.17, 15) is 0 Å². The second-order valence-corrected chi connectivity index (χ2v) is 8.82. The highest BCUT2D eigenvalue weighted by Gasteiger charge is 2.37. The maximum atomic E-state index is 4.21. The third-order valence-corrected chi connectivity index (χ3v) is 7.01. The van der Waals surface area contributed by atoms with Crippen LogP contribution in [0.15, 0.2) is 97.3 Å². The molecular weight excluding hydrogens is 364 g/mol. The minimum atomic E-state index is 0.526. The van der Waals surface area contributed by atoms with Crippen LogP contribution in [-0.4, -0.2) is 42.0 Å². The first-order chi connectivity index (χ1) is 14.5. The number of rotatable bonds is 10. The maximum absolute atomic E-state index is 4.21. The largest absolute Gasteiger partial charge is 0.374 e. The third-order valence-electron chi connectivity index (χ3n) is 7.01. The van der Waals surface area contributed by atoms with Crippen molar-refractivity contribution in [3.05, 3.63) is 97.3 Å². The van der Waals surface area contributed by atoms with Crippen LogP contribution in [0.4, 0.5) is 0 Å². The van der Waals surface area contributed by atoms with Gasteiger partial charge in [0, 0.05) is 37.9 Å². The van der Waals surface area contributed by atoms with Crippen LogP contribution in [0.25, 0.3) is 0 Å². The molecule has 1 fully saturated rings. The summed E-state index contributed by atoms with van der Waals surface area (Å²) in [5.41, 5.74) is 7.29. The predicted octanol–water partition coefficient (Wildman–Crippen LogP) is 6.36. The molecule has 30 heavy (non-hydrogen) atoms. The number of allylic oxidation sites excluding steroid dienone is 5. The minimum absolute atomic E-state index is 0.526. The molecule has 2 heterocycles. The molecule has 2 atom stereocenters. The number of hydrogen-bond acceptors (Lipinski definition) is 2. The van der Waals surface area contributed by atoms with Gasteiger partial charge in [-0.15, -0.1) is 0 Å². The van der Waals surface area contributed by atoms with E-state index < -0.39 is 0 Å². The third kappa shape index (κ3) is 4.87. The van der Waals surface area contributed by atoms with Gasteiger partial charge in [-0.1, -0.05) is 63.8 Å². The molecule has 0 aromatic rings. The topological polar surface area (TPSA) is 6.48 Å². The van der Waals surface area contributed by atoms with Gasteiger partial charge in [0.05, 0.1) is 0 Å². The van der Waals surface area contributed by atoms with Crippen LogP contribution < -0.4 is 0 Å². The fourth-order valence-corrected chi connectivity index (χ4v) is 5.08. The maximum Gasteiger partial charge on any atom is 0.0368 e. The van der Waals surface area contributed by atoms with Crippen molar-refractivity contribution in [1.29, 1.82) is 0 Å². The summed E-state index contributed by atoms with van der Waals surface area (Å²) in [6, 6.07) is 0.526. The van der Waals surface area contributed by atoms with E-state index in [4.69, 9.17) is 0 Å². The molecule has 0 amide bonds. The Morgan fingerprint density at radius 1 is 0.933 bits per heavy atom. The molecule has 0 spiro atoms. The molecular formula is C28H38N2. The molecule has 1 aliphatic carbocycles. The average Bonchev–Trinajstić information content (AvgIpc) is 2.79. The fourth-order valence-electron chi connectivity index (χ4n) is 5.08. The highest BCUT2D eigenvalue weighted by molar-refractivity contribution is 5.39. The second kappa shape index (κ2) is 10.1. The first kappa shape index (κ1) is 22.4. The molecule has 3 aliphatic rings. The van der Waals surface area contributed by atoms with Crippen molar-refractivity contribution in [3.63, 3.8) is 0 Å². The molecule has 2 unspecified atom stereocenters. The van der Waals surface area contributed by atoms with Crippen LogP contribution in [0.1, 0.15) is 38.5 Å². The van der Waals surface area contributed by atoms with Gasteiger partial charge in [0.2, 0.25) is 0 Å². The Kier molecular flexibility index (Phi) is 7.55. The summed E-state index contributed by atoms with van der Waals surface area (Å²) >= 11 is 0. The van der Waals surface area contributed by atoms with Crippen molar-refractivity contribution in [1.82, 2.24) is 9.80 Å². The molecule has 2 nitrogen and oxygen atoms in total. The van der Waals surface area contributed by atoms with E-state index >= 15 is 0 Å². The zero-order chi connectivity index (χ0) is 21.7. The second-order valence-electron chi connectivity index (χ2n) is 8.82. The van der Waals surface area contributed by atoms with Crippen LogP contribution >= 0.6 is 0 Å². The normalized spacial score (nSPS) is 23.4.